The van der Waals surface area contributed by atoms with E-state index in [1.54, 1.807) is 37.3 Å². The lowest BCUT2D eigenvalue weighted by molar-refractivity contribution is -0.117. The number of rotatable bonds is 6. The number of aliphatic hydroxyl groups is 1. The molecule has 0 bridgehead atoms. The summed E-state index contributed by atoms with van der Waals surface area (Å²) in [5.41, 5.74) is 1.95. The van der Waals surface area contributed by atoms with E-state index < -0.39 is 23.5 Å². The largest absolute Gasteiger partial charge is 0.503 e. The van der Waals surface area contributed by atoms with Crippen molar-refractivity contribution in [3.05, 3.63) is 99.8 Å². The molecule has 6 nitrogen and oxygen atoms in total. The van der Waals surface area contributed by atoms with Gasteiger partial charge >= 0.3 is 0 Å². The van der Waals surface area contributed by atoms with Crippen LogP contribution in [0.2, 0.25) is 0 Å². The molecule has 2 heterocycles. The van der Waals surface area contributed by atoms with Gasteiger partial charge in [-0.15, -0.1) is 0 Å². The summed E-state index contributed by atoms with van der Waals surface area (Å²) in [7, 11) is 0. The fourth-order valence-corrected chi connectivity index (χ4v) is 4.63. The van der Waals surface area contributed by atoms with Crippen LogP contribution in [0.3, 0.4) is 0 Å². The minimum atomic E-state index is -0.859. The highest BCUT2D eigenvalue weighted by molar-refractivity contribution is 7.17. The molecular formula is C25H20N2O4S. The third kappa shape index (κ3) is 3.90. The minimum Gasteiger partial charge on any atom is -0.503 e. The van der Waals surface area contributed by atoms with Crippen molar-refractivity contribution in [3.63, 3.8) is 0 Å². The lowest BCUT2D eigenvalue weighted by atomic mass is 9.96. The predicted octanol–water partition coefficient (Wildman–Crippen LogP) is 4.84. The molecule has 0 fully saturated rings. The van der Waals surface area contributed by atoms with Crippen LogP contribution in [0.1, 0.15) is 39.5 Å². The number of carbonyl (C=O) groups is 3. The number of carbonyl (C=O) groups excluding carboxylic acids is 3. The molecule has 0 aliphatic carbocycles. The molecule has 32 heavy (non-hydrogen) atoms. The van der Waals surface area contributed by atoms with Crippen LogP contribution < -0.4 is 4.90 Å². The van der Waals surface area contributed by atoms with Gasteiger partial charge in [0.1, 0.15) is 0 Å². The minimum absolute atomic E-state index is 0.0226. The van der Waals surface area contributed by atoms with E-state index in [1.807, 2.05) is 36.4 Å². The second-order valence-electron chi connectivity index (χ2n) is 7.33. The van der Waals surface area contributed by atoms with Crippen molar-refractivity contribution in [2.45, 2.75) is 19.9 Å². The Morgan fingerprint density at radius 3 is 2.28 bits per heavy atom. The number of amides is 1. The van der Waals surface area contributed by atoms with Crippen molar-refractivity contribution in [1.29, 1.82) is 0 Å². The average molecular weight is 445 g/mol. The van der Waals surface area contributed by atoms with Crippen LogP contribution in [-0.4, -0.2) is 27.6 Å². The molecule has 1 amide bonds. The first-order valence-electron chi connectivity index (χ1n) is 9.96. The lowest BCUT2D eigenvalue weighted by Crippen LogP contribution is -2.30. The van der Waals surface area contributed by atoms with E-state index >= 15 is 0 Å². The summed E-state index contributed by atoms with van der Waals surface area (Å²) in [6.45, 7) is 3.13. The Bertz CT molecular complexity index is 1260. The maximum absolute atomic E-state index is 13.2. The summed E-state index contributed by atoms with van der Waals surface area (Å²) in [5.74, 6) is -1.97. The molecule has 2 aromatic carbocycles. The van der Waals surface area contributed by atoms with Crippen molar-refractivity contribution in [3.8, 4) is 0 Å². The highest BCUT2D eigenvalue weighted by Crippen LogP contribution is 2.43. The molecule has 1 N–H and O–H groups in total. The summed E-state index contributed by atoms with van der Waals surface area (Å²) < 4.78 is 0. The Morgan fingerprint density at radius 2 is 1.69 bits per heavy atom. The van der Waals surface area contributed by atoms with Crippen LogP contribution in [0, 0.1) is 6.92 Å². The van der Waals surface area contributed by atoms with E-state index in [1.165, 1.54) is 17.9 Å². The number of hydrogen-bond acceptors (Lipinski definition) is 6. The Balaban J connectivity index is 1.79. The summed E-state index contributed by atoms with van der Waals surface area (Å²) in [5, 5.41) is 11.0. The Kier molecular flexibility index (Phi) is 5.83. The van der Waals surface area contributed by atoms with Crippen molar-refractivity contribution in [2.75, 3.05) is 4.90 Å². The maximum Gasteiger partial charge on any atom is 0.296 e. The second kappa shape index (κ2) is 8.72. The number of nitrogens with zero attached hydrogens (tertiary/aromatic N) is 2. The molecule has 1 aliphatic heterocycles. The molecule has 1 unspecified atom stereocenters. The summed E-state index contributed by atoms with van der Waals surface area (Å²) >= 11 is 1.07. The molecule has 0 radical (unpaired) electrons. The zero-order valence-electron chi connectivity index (χ0n) is 17.5. The van der Waals surface area contributed by atoms with Gasteiger partial charge < -0.3 is 5.11 Å². The standard InChI is InChI=1S/C25H20N2O4S/c1-15-23(16(2)28)32-25(26-15)27-21(18-11-7-4-8-12-18)20(22(30)24(27)31)19(29)14-13-17-9-5-3-6-10-17/h3-14,21,30H,1-2H3/b14-13+. The van der Waals surface area contributed by atoms with Crippen LogP contribution in [0.15, 0.2) is 78.1 Å². The normalized spacial score (nSPS) is 16.2. The smallest absolute Gasteiger partial charge is 0.296 e. The number of thiazole rings is 1. The fourth-order valence-electron chi connectivity index (χ4n) is 3.64. The number of ketones is 2. The van der Waals surface area contributed by atoms with Crippen LogP contribution in [0.25, 0.3) is 6.08 Å². The third-order valence-electron chi connectivity index (χ3n) is 5.13. The van der Waals surface area contributed by atoms with E-state index in [0.717, 1.165) is 16.9 Å². The predicted molar refractivity (Wildman–Crippen MR) is 124 cm³/mol. The number of benzene rings is 2. The SMILES string of the molecule is CC(=O)c1sc(N2C(=O)C(O)=C(C(=O)/C=C/c3ccccc3)C2c2ccccc2)nc1C. The van der Waals surface area contributed by atoms with Gasteiger partial charge in [0.25, 0.3) is 5.91 Å². The average Bonchev–Trinajstić information content (AvgIpc) is 3.31. The highest BCUT2D eigenvalue weighted by Gasteiger charge is 2.45. The molecule has 0 saturated heterocycles. The number of aromatic nitrogens is 1. The first-order valence-corrected chi connectivity index (χ1v) is 10.8. The Morgan fingerprint density at radius 1 is 1.06 bits per heavy atom. The van der Waals surface area contributed by atoms with Crippen LogP contribution in [0.4, 0.5) is 5.13 Å². The van der Waals surface area contributed by atoms with Crippen molar-refractivity contribution < 1.29 is 19.5 Å². The molecule has 0 spiro atoms. The zero-order chi connectivity index (χ0) is 22.8. The van der Waals surface area contributed by atoms with Gasteiger partial charge in [0, 0.05) is 6.92 Å². The van der Waals surface area contributed by atoms with Crippen molar-refractivity contribution in [2.24, 2.45) is 0 Å². The maximum atomic E-state index is 13.2. The Hall–Kier alpha value is -3.84. The van der Waals surface area contributed by atoms with Crippen LogP contribution in [0.5, 0.6) is 0 Å². The molecular weight excluding hydrogens is 424 g/mol. The van der Waals surface area contributed by atoms with E-state index in [4.69, 9.17) is 0 Å². The van der Waals surface area contributed by atoms with E-state index in [0.29, 0.717) is 16.1 Å². The van der Waals surface area contributed by atoms with Gasteiger partial charge in [-0.2, -0.15) is 0 Å². The molecule has 7 heteroatoms. The number of hydrogen-bond donors (Lipinski definition) is 1. The number of anilines is 1. The van der Waals surface area contributed by atoms with Gasteiger partial charge in [-0.3, -0.25) is 19.3 Å². The zero-order valence-corrected chi connectivity index (χ0v) is 18.3. The molecule has 0 saturated carbocycles. The highest BCUT2D eigenvalue weighted by atomic mass is 32.1. The van der Waals surface area contributed by atoms with Gasteiger partial charge in [-0.1, -0.05) is 78.1 Å². The first-order chi connectivity index (χ1) is 15.4. The number of aryl methyl sites for hydroxylation is 1. The quantitative estimate of drug-likeness (QED) is 0.434. The van der Waals surface area contributed by atoms with Crippen molar-refractivity contribution in [1.82, 2.24) is 4.98 Å². The van der Waals surface area contributed by atoms with Gasteiger partial charge in [0.05, 0.1) is 22.2 Å². The molecule has 3 aromatic rings. The van der Waals surface area contributed by atoms with Crippen molar-refractivity contribution >= 4 is 40.0 Å². The van der Waals surface area contributed by atoms with Gasteiger partial charge in [0.2, 0.25) is 0 Å². The van der Waals surface area contributed by atoms with Gasteiger partial charge in [-0.05, 0) is 24.1 Å². The summed E-state index contributed by atoms with van der Waals surface area (Å²) in [6, 6.07) is 17.4. The van der Waals surface area contributed by atoms with Gasteiger partial charge in [-0.25, -0.2) is 4.98 Å². The third-order valence-corrected chi connectivity index (χ3v) is 6.38. The van der Waals surface area contributed by atoms with Crippen LogP contribution >= 0.6 is 11.3 Å². The molecule has 1 aliphatic rings. The molecule has 160 valence electrons. The van der Waals surface area contributed by atoms with E-state index in [9.17, 15) is 19.5 Å². The second-order valence-corrected chi connectivity index (χ2v) is 8.30. The monoisotopic (exact) mass is 444 g/mol. The fraction of sp³-hybridized carbons (Fsp3) is 0.120. The number of aliphatic hydroxyl groups excluding tert-OH is 1. The number of Topliss-reactive ketones (excluding diaryl/α,β-unsaturated/α-hetero) is 1. The van der Waals surface area contributed by atoms with E-state index in [-0.39, 0.29) is 16.5 Å². The summed E-state index contributed by atoms with van der Waals surface area (Å²) in [4.78, 5) is 44.3. The van der Waals surface area contributed by atoms with E-state index in [2.05, 4.69) is 4.98 Å². The summed E-state index contributed by atoms with van der Waals surface area (Å²) in [6.07, 6.45) is 2.99. The lowest BCUT2D eigenvalue weighted by Gasteiger charge is -2.24. The topological polar surface area (TPSA) is 87.6 Å². The number of allylic oxidation sites excluding steroid dienone is 1. The molecule has 4 rings (SSSR count). The van der Waals surface area contributed by atoms with Gasteiger partial charge in [0.15, 0.2) is 22.5 Å². The Labute approximate surface area is 189 Å². The molecule has 1 atom stereocenters. The molecule has 1 aromatic heterocycles. The first kappa shape index (κ1) is 21.4. The van der Waals surface area contributed by atoms with Crippen LogP contribution in [-0.2, 0) is 9.59 Å².